The highest BCUT2D eigenvalue weighted by Gasteiger charge is 2.17. The van der Waals surface area contributed by atoms with Crippen molar-refractivity contribution in [3.05, 3.63) is 84.3 Å². The summed E-state index contributed by atoms with van der Waals surface area (Å²) >= 11 is 0. The van der Waals surface area contributed by atoms with Gasteiger partial charge in [-0.1, -0.05) is 89.6 Å². The van der Waals surface area contributed by atoms with E-state index in [2.05, 4.69) is 57.9 Å². The number of hydrogen-bond donors (Lipinski definition) is 0. The van der Waals surface area contributed by atoms with E-state index in [4.69, 9.17) is 9.72 Å². The number of imidazole rings is 1. The number of aldehydes is 1. The van der Waals surface area contributed by atoms with E-state index < -0.39 is 0 Å². The van der Waals surface area contributed by atoms with Gasteiger partial charge in [-0.15, -0.1) is 0 Å². The second kappa shape index (κ2) is 17.5. The van der Waals surface area contributed by atoms with E-state index in [0.717, 1.165) is 41.6 Å². The molecule has 0 saturated carbocycles. The minimum Gasteiger partial charge on any atom is -0.373 e. The number of carbonyl (C=O) groups is 1. The van der Waals surface area contributed by atoms with Gasteiger partial charge in [0.25, 0.3) is 0 Å². The summed E-state index contributed by atoms with van der Waals surface area (Å²) in [5, 5.41) is 0. The largest absolute Gasteiger partial charge is 0.373 e. The van der Waals surface area contributed by atoms with Crippen molar-refractivity contribution >= 4 is 22.9 Å². The molecule has 1 heterocycles. The van der Waals surface area contributed by atoms with Crippen molar-refractivity contribution in [1.29, 1.82) is 0 Å². The third-order valence-electron chi connectivity index (χ3n) is 5.56. The van der Waals surface area contributed by atoms with Crippen LogP contribution in [-0.2, 0) is 4.74 Å². The predicted octanol–water partition coefficient (Wildman–Crippen LogP) is 8.68. The molecule has 2 aromatic rings. The van der Waals surface area contributed by atoms with Crippen LogP contribution in [0.3, 0.4) is 0 Å². The molecule has 0 fully saturated rings. The van der Waals surface area contributed by atoms with Gasteiger partial charge in [0, 0.05) is 17.2 Å². The molecule has 0 aliphatic heterocycles. The number of benzene rings is 1. The molecule has 0 aliphatic carbocycles. The Kier molecular flexibility index (Phi) is 15.0. The standard InChI is InChI=1S/C27H34N2O2.C4H10/c1-6-11-22(12-7-2)20-31-17-10-14-24(13-8-3)27-28-25-18-23(19-30)15-16-26(25)29(27)21(5)9-4;1-3-4-2/h6,8,10-16,18-19,21H,3,7,9,17,20H2,1-2,4-5H3;3-4H2,1-2H3/b11-6-,14-10-,22-12+,24-13+;. The number of ether oxygens (including phenoxy) is 1. The quantitative estimate of drug-likeness (QED) is 0.165. The number of aromatic nitrogens is 2. The lowest BCUT2D eigenvalue weighted by Gasteiger charge is -2.16. The Morgan fingerprint density at radius 1 is 1.17 bits per heavy atom. The Morgan fingerprint density at radius 2 is 1.91 bits per heavy atom. The van der Waals surface area contributed by atoms with Crippen LogP contribution in [0.1, 0.15) is 89.4 Å². The fraction of sp³-hybridized carbons (Fsp3) is 0.419. The molecule has 0 spiro atoms. The molecule has 0 amide bonds. The van der Waals surface area contributed by atoms with Crippen LogP contribution >= 0.6 is 0 Å². The molecule has 1 aromatic carbocycles. The summed E-state index contributed by atoms with van der Waals surface area (Å²) in [6.07, 6.45) is 19.5. The van der Waals surface area contributed by atoms with Crippen molar-refractivity contribution in [2.45, 2.75) is 73.3 Å². The highest BCUT2D eigenvalue weighted by atomic mass is 16.5. The Labute approximate surface area is 212 Å². The number of unbranched alkanes of at least 4 members (excludes halogenated alkanes) is 1. The van der Waals surface area contributed by atoms with Crippen molar-refractivity contribution in [2.24, 2.45) is 0 Å². The van der Waals surface area contributed by atoms with Gasteiger partial charge < -0.3 is 9.30 Å². The zero-order valence-electron chi connectivity index (χ0n) is 22.6. The maximum absolute atomic E-state index is 11.2. The van der Waals surface area contributed by atoms with E-state index in [1.54, 1.807) is 6.08 Å². The molecule has 0 bridgehead atoms. The number of fused-ring (bicyclic) bond motifs is 1. The van der Waals surface area contributed by atoms with Crippen LogP contribution in [0.5, 0.6) is 0 Å². The Bertz CT molecular complexity index is 1040. The van der Waals surface area contributed by atoms with Gasteiger partial charge in [-0.3, -0.25) is 4.79 Å². The summed E-state index contributed by atoms with van der Waals surface area (Å²) in [5.41, 5.74) is 4.61. The maximum Gasteiger partial charge on any atom is 0.150 e. The van der Waals surface area contributed by atoms with Crippen molar-refractivity contribution < 1.29 is 9.53 Å². The van der Waals surface area contributed by atoms with E-state index in [1.807, 2.05) is 49.4 Å². The maximum atomic E-state index is 11.2. The fourth-order valence-corrected chi connectivity index (χ4v) is 3.42. The molecule has 4 nitrogen and oxygen atoms in total. The second-order valence-corrected chi connectivity index (χ2v) is 8.39. The molecular formula is C31H44N2O2. The minimum atomic E-state index is 0.266. The highest BCUT2D eigenvalue weighted by molar-refractivity contribution is 5.88. The first-order chi connectivity index (χ1) is 17.0. The van der Waals surface area contributed by atoms with Crippen LogP contribution in [0.4, 0.5) is 0 Å². The Balaban J connectivity index is 0.00000142. The first kappa shape index (κ1) is 30.1. The van der Waals surface area contributed by atoms with E-state index in [0.29, 0.717) is 18.8 Å². The normalized spacial score (nSPS) is 13.3. The molecule has 0 radical (unpaired) electrons. The summed E-state index contributed by atoms with van der Waals surface area (Å²) in [6.45, 7) is 17.8. The lowest BCUT2D eigenvalue weighted by molar-refractivity contribution is 0.112. The SMILES string of the molecule is C=C/C=C(\C=C/COCC(/C=C\C)=C/CC)c1nc2cc(C=O)ccc2n1C(C)CC.CCCC. The van der Waals surface area contributed by atoms with Gasteiger partial charge in [-0.2, -0.15) is 0 Å². The number of allylic oxidation sites excluding steroid dienone is 6. The van der Waals surface area contributed by atoms with Crippen LogP contribution in [0.2, 0.25) is 0 Å². The smallest absolute Gasteiger partial charge is 0.150 e. The molecule has 190 valence electrons. The molecule has 1 atom stereocenters. The number of carbonyl (C=O) groups excluding carboxylic acids is 1. The first-order valence-corrected chi connectivity index (χ1v) is 12.9. The van der Waals surface area contributed by atoms with E-state index in [9.17, 15) is 4.79 Å². The van der Waals surface area contributed by atoms with E-state index in [-0.39, 0.29) is 6.04 Å². The van der Waals surface area contributed by atoms with Gasteiger partial charge in [-0.05, 0) is 50.5 Å². The Hall–Kier alpha value is -2.98. The van der Waals surface area contributed by atoms with E-state index >= 15 is 0 Å². The third kappa shape index (κ3) is 9.65. The van der Waals surface area contributed by atoms with Crippen LogP contribution in [0.15, 0.2) is 72.9 Å². The summed E-state index contributed by atoms with van der Waals surface area (Å²) in [4.78, 5) is 16.1. The summed E-state index contributed by atoms with van der Waals surface area (Å²) in [7, 11) is 0. The predicted molar refractivity (Wildman–Crippen MR) is 152 cm³/mol. The lowest BCUT2D eigenvalue weighted by Crippen LogP contribution is -2.08. The minimum absolute atomic E-state index is 0.266. The van der Waals surface area contributed by atoms with Crippen LogP contribution in [0.25, 0.3) is 16.6 Å². The number of nitrogens with zero attached hydrogens (tertiary/aromatic N) is 2. The second-order valence-electron chi connectivity index (χ2n) is 8.39. The lowest BCUT2D eigenvalue weighted by atomic mass is 10.1. The molecule has 2 rings (SSSR count). The van der Waals surface area contributed by atoms with Gasteiger partial charge in [0.1, 0.15) is 12.1 Å². The molecule has 35 heavy (non-hydrogen) atoms. The first-order valence-electron chi connectivity index (χ1n) is 12.9. The van der Waals surface area contributed by atoms with Gasteiger partial charge in [-0.25, -0.2) is 4.98 Å². The zero-order chi connectivity index (χ0) is 26.1. The molecule has 1 aromatic heterocycles. The topological polar surface area (TPSA) is 44.1 Å². The zero-order valence-corrected chi connectivity index (χ0v) is 22.6. The number of hydrogen-bond acceptors (Lipinski definition) is 3. The van der Waals surface area contributed by atoms with Crippen molar-refractivity contribution in [3.8, 4) is 0 Å². The molecule has 4 heteroatoms. The van der Waals surface area contributed by atoms with E-state index in [1.165, 1.54) is 18.4 Å². The fourth-order valence-electron chi connectivity index (χ4n) is 3.42. The average Bonchev–Trinajstić information content (AvgIpc) is 3.26. The van der Waals surface area contributed by atoms with Gasteiger partial charge in [0.2, 0.25) is 0 Å². The van der Waals surface area contributed by atoms with Gasteiger partial charge in [0.05, 0.1) is 24.2 Å². The number of rotatable bonds is 13. The van der Waals surface area contributed by atoms with Crippen molar-refractivity contribution in [3.63, 3.8) is 0 Å². The highest BCUT2D eigenvalue weighted by Crippen LogP contribution is 2.28. The third-order valence-corrected chi connectivity index (χ3v) is 5.56. The summed E-state index contributed by atoms with van der Waals surface area (Å²) in [5.74, 6) is 0.865. The average molecular weight is 477 g/mol. The van der Waals surface area contributed by atoms with Crippen LogP contribution < -0.4 is 0 Å². The van der Waals surface area contributed by atoms with Gasteiger partial charge in [0.15, 0.2) is 0 Å². The van der Waals surface area contributed by atoms with Crippen LogP contribution in [0, 0.1) is 0 Å². The monoisotopic (exact) mass is 476 g/mol. The van der Waals surface area contributed by atoms with Gasteiger partial charge >= 0.3 is 0 Å². The summed E-state index contributed by atoms with van der Waals surface area (Å²) in [6, 6.07) is 5.92. The van der Waals surface area contributed by atoms with Crippen molar-refractivity contribution in [2.75, 3.05) is 13.2 Å². The molecule has 0 aliphatic rings. The Morgan fingerprint density at radius 3 is 2.49 bits per heavy atom. The van der Waals surface area contributed by atoms with Crippen molar-refractivity contribution in [1.82, 2.24) is 9.55 Å². The molecule has 1 unspecified atom stereocenters. The van der Waals surface area contributed by atoms with Crippen LogP contribution in [-0.4, -0.2) is 29.1 Å². The molecular weight excluding hydrogens is 432 g/mol. The molecule has 0 saturated heterocycles. The summed E-state index contributed by atoms with van der Waals surface area (Å²) < 4.78 is 8.06. The molecule has 0 N–H and O–H groups in total.